The highest BCUT2D eigenvalue weighted by Crippen LogP contribution is 2.20. The lowest BCUT2D eigenvalue weighted by atomic mass is 10.2. The molecule has 5 nitrogen and oxygen atoms in total. The monoisotopic (exact) mass is 299 g/mol. The summed E-state index contributed by atoms with van der Waals surface area (Å²) in [4.78, 5) is 16.7. The number of nitrogens with zero attached hydrogens (tertiary/aromatic N) is 2. The summed E-state index contributed by atoms with van der Waals surface area (Å²) in [6, 6.07) is 0.386. The molecule has 0 amide bonds. The molecule has 0 saturated heterocycles. The van der Waals surface area contributed by atoms with Gasteiger partial charge < -0.3 is 19.9 Å². The third-order valence-corrected chi connectivity index (χ3v) is 3.72. The maximum atomic E-state index is 12.0. The second-order valence-electron chi connectivity index (χ2n) is 6.18. The number of ether oxygens (including phenoxy) is 1. The molecule has 0 aromatic carbocycles. The van der Waals surface area contributed by atoms with Crippen LogP contribution in [-0.2, 0) is 9.53 Å². The minimum atomic E-state index is -0.142. The van der Waals surface area contributed by atoms with E-state index in [9.17, 15) is 4.79 Å². The van der Waals surface area contributed by atoms with Crippen molar-refractivity contribution in [2.24, 2.45) is 0 Å². The number of carbonyl (C=O) groups excluding carboxylic acids is 1. The van der Waals surface area contributed by atoms with Gasteiger partial charge in [-0.3, -0.25) is 4.79 Å². The van der Waals surface area contributed by atoms with Crippen LogP contribution in [0.4, 0.5) is 0 Å². The van der Waals surface area contributed by atoms with Gasteiger partial charge in [0.25, 0.3) is 0 Å². The van der Waals surface area contributed by atoms with Crippen LogP contribution in [0.25, 0.3) is 0 Å². The molecule has 1 aliphatic rings. The first-order valence-electron chi connectivity index (χ1n) is 8.36. The summed E-state index contributed by atoms with van der Waals surface area (Å²) >= 11 is 0. The molecule has 1 saturated carbocycles. The second kappa shape index (κ2) is 10.1. The van der Waals surface area contributed by atoms with Crippen LogP contribution in [0.2, 0.25) is 0 Å². The fourth-order valence-electron chi connectivity index (χ4n) is 2.35. The Bertz CT molecular complexity index is 293. The summed E-state index contributed by atoms with van der Waals surface area (Å²) in [5.41, 5.74) is 0. The minimum absolute atomic E-state index is 0.0894. The Balaban J connectivity index is 2.40. The van der Waals surface area contributed by atoms with Gasteiger partial charge in [0.05, 0.1) is 6.61 Å². The summed E-state index contributed by atoms with van der Waals surface area (Å²) in [5, 5.41) is 3.43. The fourth-order valence-corrected chi connectivity index (χ4v) is 2.35. The fraction of sp³-hybridized carbons (Fsp3) is 0.938. The summed E-state index contributed by atoms with van der Waals surface area (Å²) in [5.74, 6) is -0.0894. The van der Waals surface area contributed by atoms with Crippen molar-refractivity contribution in [2.45, 2.75) is 51.6 Å². The number of esters is 1. The van der Waals surface area contributed by atoms with Gasteiger partial charge in [-0.25, -0.2) is 0 Å². The first-order chi connectivity index (χ1) is 10.1. The number of likely N-dealkylation sites (N-methyl/N-ethyl adjacent to an activating group) is 1. The van der Waals surface area contributed by atoms with Gasteiger partial charge in [-0.15, -0.1) is 0 Å². The first-order valence-corrected chi connectivity index (χ1v) is 8.36. The molecule has 0 aliphatic heterocycles. The number of hydrogen-bond donors (Lipinski definition) is 1. The van der Waals surface area contributed by atoms with E-state index < -0.39 is 0 Å². The van der Waals surface area contributed by atoms with Gasteiger partial charge in [0.1, 0.15) is 6.04 Å². The lowest BCUT2D eigenvalue weighted by Crippen LogP contribution is -2.43. The second-order valence-corrected chi connectivity index (χ2v) is 6.18. The van der Waals surface area contributed by atoms with E-state index in [-0.39, 0.29) is 12.0 Å². The molecular weight excluding hydrogens is 266 g/mol. The molecule has 0 aromatic rings. The average molecular weight is 299 g/mol. The smallest absolute Gasteiger partial charge is 0.323 e. The molecule has 0 aromatic heterocycles. The molecule has 1 aliphatic carbocycles. The quantitative estimate of drug-likeness (QED) is 0.551. The third kappa shape index (κ3) is 8.39. The zero-order chi connectivity index (χ0) is 15.7. The highest BCUT2D eigenvalue weighted by Gasteiger charge is 2.29. The van der Waals surface area contributed by atoms with Gasteiger partial charge in [-0.1, -0.05) is 6.92 Å². The van der Waals surface area contributed by atoms with Gasteiger partial charge in [0, 0.05) is 25.7 Å². The summed E-state index contributed by atoms with van der Waals surface area (Å²) in [7, 11) is 4.19. The lowest BCUT2D eigenvalue weighted by Gasteiger charge is -2.26. The van der Waals surface area contributed by atoms with Crippen LogP contribution in [0, 0.1) is 0 Å². The van der Waals surface area contributed by atoms with Crippen molar-refractivity contribution in [3.8, 4) is 0 Å². The molecule has 1 atom stereocenters. The van der Waals surface area contributed by atoms with E-state index in [0.717, 1.165) is 39.0 Å². The number of rotatable bonds is 12. The molecule has 5 heteroatoms. The molecular formula is C16H33N3O2. The van der Waals surface area contributed by atoms with E-state index in [1.807, 2.05) is 6.92 Å². The van der Waals surface area contributed by atoms with Crippen LogP contribution in [0.5, 0.6) is 0 Å². The molecule has 21 heavy (non-hydrogen) atoms. The van der Waals surface area contributed by atoms with Crippen molar-refractivity contribution in [3.05, 3.63) is 0 Å². The standard InChI is InChI=1S/C16H33N3O2/c1-5-10-19(13-12-18(3)4)11-9-15(16(20)21-6-2)17-14-7-8-14/h14-15,17H,5-13H2,1-4H3. The van der Waals surface area contributed by atoms with E-state index in [0.29, 0.717) is 12.6 Å². The van der Waals surface area contributed by atoms with Crippen LogP contribution < -0.4 is 5.32 Å². The van der Waals surface area contributed by atoms with Gasteiger partial charge in [0.2, 0.25) is 0 Å². The largest absolute Gasteiger partial charge is 0.465 e. The first kappa shape index (κ1) is 18.4. The topological polar surface area (TPSA) is 44.8 Å². The molecule has 0 heterocycles. The number of carbonyl (C=O) groups is 1. The van der Waals surface area contributed by atoms with Crippen LogP contribution in [0.3, 0.4) is 0 Å². The Morgan fingerprint density at radius 2 is 1.90 bits per heavy atom. The lowest BCUT2D eigenvalue weighted by molar-refractivity contribution is -0.146. The normalized spacial score (nSPS) is 16.5. The average Bonchev–Trinajstić information content (AvgIpc) is 3.24. The SMILES string of the molecule is CCCN(CCC(NC1CC1)C(=O)OCC)CCN(C)C. The molecule has 1 unspecified atom stereocenters. The van der Waals surface area contributed by atoms with E-state index in [1.54, 1.807) is 0 Å². The number of nitrogens with one attached hydrogen (secondary N) is 1. The molecule has 0 bridgehead atoms. The zero-order valence-electron chi connectivity index (χ0n) is 14.2. The van der Waals surface area contributed by atoms with Crippen molar-refractivity contribution in [1.29, 1.82) is 0 Å². The van der Waals surface area contributed by atoms with E-state index >= 15 is 0 Å². The summed E-state index contributed by atoms with van der Waals surface area (Å²) in [6.07, 6.45) is 4.36. The highest BCUT2D eigenvalue weighted by molar-refractivity contribution is 5.75. The molecule has 0 spiro atoms. The van der Waals surface area contributed by atoms with Crippen molar-refractivity contribution in [2.75, 3.05) is 46.9 Å². The molecule has 1 rings (SSSR count). The van der Waals surface area contributed by atoms with E-state index in [2.05, 4.69) is 36.1 Å². The maximum absolute atomic E-state index is 12.0. The van der Waals surface area contributed by atoms with Crippen LogP contribution in [0.1, 0.15) is 39.5 Å². The van der Waals surface area contributed by atoms with Crippen molar-refractivity contribution >= 4 is 5.97 Å². The number of hydrogen-bond acceptors (Lipinski definition) is 5. The minimum Gasteiger partial charge on any atom is -0.465 e. The van der Waals surface area contributed by atoms with Crippen LogP contribution in [-0.4, -0.2) is 74.7 Å². The van der Waals surface area contributed by atoms with Gasteiger partial charge in [-0.05, 0) is 53.2 Å². The third-order valence-electron chi connectivity index (χ3n) is 3.72. The zero-order valence-corrected chi connectivity index (χ0v) is 14.2. The van der Waals surface area contributed by atoms with E-state index in [1.165, 1.54) is 12.8 Å². The maximum Gasteiger partial charge on any atom is 0.323 e. The van der Waals surface area contributed by atoms with Crippen LogP contribution >= 0.6 is 0 Å². The Hall–Kier alpha value is -0.650. The molecule has 124 valence electrons. The molecule has 1 fully saturated rings. The van der Waals surface area contributed by atoms with Crippen molar-refractivity contribution in [1.82, 2.24) is 15.1 Å². The molecule has 0 radical (unpaired) electrons. The highest BCUT2D eigenvalue weighted by atomic mass is 16.5. The van der Waals surface area contributed by atoms with Gasteiger partial charge in [0.15, 0.2) is 0 Å². The van der Waals surface area contributed by atoms with Crippen molar-refractivity contribution in [3.63, 3.8) is 0 Å². The Kier molecular flexibility index (Phi) is 8.88. The van der Waals surface area contributed by atoms with Gasteiger partial charge >= 0.3 is 5.97 Å². The van der Waals surface area contributed by atoms with Gasteiger partial charge in [-0.2, -0.15) is 0 Å². The van der Waals surface area contributed by atoms with Crippen LogP contribution in [0.15, 0.2) is 0 Å². The van der Waals surface area contributed by atoms with Crippen molar-refractivity contribution < 1.29 is 9.53 Å². The summed E-state index contributed by atoms with van der Waals surface area (Å²) in [6.45, 7) is 8.68. The molecule has 1 N–H and O–H groups in total. The Morgan fingerprint density at radius 1 is 1.19 bits per heavy atom. The predicted octanol–water partition coefficient (Wildman–Crippen LogP) is 1.33. The Labute approximate surface area is 130 Å². The van der Waals surface area contributed by atoms with E-state index in [4.69, 9.17) is 4.74 Å². The predicted molar refractivity (Wildman–Crippen MR) is 86.5 cm³/mol. The Morgan fingerprint density at radius 3 is 2.43 bits per heavy atom. The summed E-state index contributed by atoms with van der Waals surface area (Å²) < 4.78 is 5.19.